The molecule has 0 heterocycles. The summed E-state index contributed by atoms with van der Waals surface area (Å²) in [6.45, 7) is 2.34. The minimum atomic E-state index is -0.231. The number of ether oxygens (including phenoxy) is 1. The van der Waals surface area contributed by atoms with E-state index in [2.05, 4.69) is 10.6 Å². The molecule has 0 aliphatic rings. The standard InChI is InChI=1S/C20H22N2O4/c1-2-21-20(25)14-26-17-10-8-16(9-11-17)22-19(24)13-12-18(23)15-6-4-3-5-7-15/h3-11H,2,12-14H2,1H3,(H,21,25)(H,22,24). The summed E-state index contributed by atoms with van der Waals surface area (Å²) in [4.78, 5) is 35.3. The SMILES string of the molecule is CCNC(=O)COc1ccc(NC(=O)CCC(=O)c2ccccc2)cc1. The molecular formula is C20H22N2O4. The molecule has 26 heavy (non-hydrogen) atoms. The van der Waals surface area contributed by atoms with E-state index >= 15 is 0 Å². The molecule has 0 bridgehead atoms. The van der Waals surface area contributed by atoms with Crippen molar-refractivity contribution in [1.82, 2.24) is 5.32 Å². The molecule has 0 radical (unpaired) electrons. The normalized spacial score (nSPS) is 10.0. The summed E-state index contributed by atoms with van der Waals surface area (Å²) in [5, 5.41) is 5.37. The zero-order valence-electron chi connectivity index (χ0n) is 14.7. The van der Waals surface area contributed by atoms with Crippen LogP contribution in [0.3, 0.4) is 0 Å². The molecule has 0 atom stereocenters. The van der Waals surface area contributed by atoms with E-state index in [9.17, 15) is 14.4 Å². The van der Waals surface area contributed by atoms with E-state index in [1.165, 1.54) is 0 Å². The van der Waals surface area contributed by atoms with Gasteiger partial charge in [0.25, 0.3) is 5.91 Å². The van der Waals surface area contributed by atoms with Gasteiger partial charge in [0.1, 0.15) is 5.75 Å². The number of hydrogen-bond donors (Lipinski definition) is 2. The number of rotatable bonds is 9. The van der Waals surface area contributed by atoms with Crippen molar-refractivity contribution in [3.63, 3.8) is 0 Å². The van der Waals surface area contributed by atoms with Crippen LogP contribution in [0.15, 0.2) is 54.6 Å². The highest BCUT2D eigenvalue weighted by Gasteiger charge is 2.09. The summed E-state index contributed by atoms with van der Waals surface area (Å²) in [7, 11) is 0. The molecule has 0 aromatic heterocycles. The number of likely N-dealkylation sites (N-methyl/N-ethyl adjacent to an activating group) is 1. The largest absolute Gasteiger partial charge is 0.484 e. The summed E-state index contributed by atoms with van der Waals surface area (Å²) in [5.74, 6) is 0.0570. The highest BCUT2D eigenvalue weighted by atomic mass is 16.5. The highest BCUT2D eigenvalue weighted by Crippen LogP contribution is 2.16. The van der Waals surface area contributed by atoms with Crippen LogP contribution in [0.1, 0.15) is 30.1 Å². The lowest BCUT2D eigenvalue weighted by Crippen LogP contribution is -2.28. The molecule has 2 N–H and O–H groups in total. The molecule has 6 nitrogen and oxygen atoms in total. The molecule has 2 aromatic carbocycles. The lowest BCUT2D eigenvalue weighted by atomic mass is 10.1. The number of nitrogens with one attached hydrogen (secondary N) is 2. The van der Waals surface area contributed by atoms with Crippen molar-refractivity contribution >= 4 is 23.3 Å². The minimum absolute atomic E-state index is 0.0544. The van der Waals surface area contributed by atoms with Crippen LogP contribution in [0.2, 0.25) is 0 Å². The fourth-order valence-corrected chi connectivity index (χ4v) is 2.25. The first-order valence-corrected chi connectivity index (χ1v) is 8.46. The smallest absolute Gasteiger partial charge is 0.257 e. The van der Waals surface area contributed by atoms with E-state index in [1.54, 1.807) is 48.5 Å². The Kier molecular flexibility index (Phi) is 7.36. The van der Waals surface area contributed by atoms with Crippen molar-refractivity contribution in [3.05, 3.63) is 60.2 Å². The van der Waals surface area contributed by atoms with Gasteiger partial charge in [0.15, 0.2) is 12.4 Å². The third-order valence-corrected chi connectivity index (χ3v) is 3.56. The van der Waals surface area contributed by atoms with Crippen LogP contribution >= 0.6 is 0 Å². The first-order valence-electron chi connectivity index (χ1n) is 8.46. The predicted octanol–water partition coefficient (Wildman–Crippen LogP) is 2.80. The number of amides is 2. The van der Waals surface area contributed by atoms with Crippen molar-refractivity contribution in [2.45, 2.75) is 19.8 Å². The third kappa shape index (κ3) is 6.39. The van der Waals surface area contributed by atoms with Crippen LogP contribution in [-0.2, 0) is 9.59 Å². The molecule has 0 saturated carbocycles. The second-order valence-electron chi connectivity index (χ2n) is 5.60. The topological polar surface area (TPSA) is 84.5 Å². The molecule has 0 aliphatic heterocycles. The highest BCUT2D eigenvalue weighted by molar-refractivity contribution is 5.99. The maximum absolute atomic E-state index is 12.0. The predicted molar refractivity (Wildman–Crippen MR) is 99.3 cm³/mol. The van der Waals surface area contributed by atoms with Crippen molar-refractivity contribution in [3.8, 4) is 5.75 Å². The van der Waals surface area contributed by atoms with Gasteiger partial charge in [-0.2, -0.15) is 0 Å². The van der Waals surface area contributed by atoms with E-state index in [-0.39, 0.29) is 37.0 Å². The summed E-state index contributed by atoms with van der Waals surface area (Å²) in [6, 6.07) is 15.6. The third-order valence-electron chi connectivity index (χ3n) is 3.56. The lowest BCUT2D eigenvalue weighted by Gasteiger charge is -2.08. The number of ketones is 1. The number of benzene rings is 2. The average Bonchev–Trinajstić information content (AvgIpc) is 2.66. The van der Waals surface area contributed by atoms with E-state index < -0.39 is 0 Å². The van der Waals surface area contributed by atoms with Gasteiger partial charge >= 0.3 is 0 Å². The Morgan fingerprint density at radius 2 is 1.58 bits per heavy atom. The fraction of sp³-hybridized carbons (Fsp3) is 0.250. The molecule has 2 amide bonds. The Morgan fingerprint density at radius 1 is 0.885 bits per heavy atom. The summed E-state index contributed by atoms with van der Waals surface area (Å²) in [6.07, 6.45) is 0.271. The lowest BCUT2D eigenvalue weighted by molar-refractivity contribution is -0.123. The maximum Gasteiger partial charge on any atom is 0.257 e. The molecule has 0 aliphatic carbocycles. The number of carbonyl (C=O) groups excluding carboxylic acids is 3. The Morgan fingerprint density at radius 3 is 2.23 bits per heavy atom. The quantitative estimate of drug-likeness (QED) is 0.678. The number of anilines is 1. The first kappa shape index (κ1) is 19.2. The number of Topliss-reactive ketones (excluding diaryl/α,β-unsaturated/α-hetero) is 1. The monoisotopic (exact) mass is 354 g/mol. The van der Waals surface area contributed by atoms with Crippen LogP contribution in [0.5, 0.6) is 5.75 Å². The zero-order chi connectivity index (χ0) is 18.8. The van der Waals surface area contributed by atoms with E-state index in [1.807, 2.05) is 13.0 Å². The zero-order valence-corrected chi connectivity index (χ0v) is 14.7. The maximum atomic E-state index is 12.0. The molecule has 2 rings (SSSR count). The van der Waals surface area contributed by atoms with Crippen LogP contribution in [0.25, 0.3) is 0 Å². The molecular weight excluding hydrogens is 332 g/mol. The van der Waals surface area contributed by atoms with E-state index in [4.69, 9.17) is 4.74 Å². The summed E-state index contributed by atoms with van der Waals surface area (Å²) in [5.41, 5.74) is 1.21. The first-order chi connectivity index (χ1) is 12.6. The Balaban J connectivity index is 1.76. The van der Waals surface area contributed by atoms with Crippen molar-refractivity contribution in [1.29, 1.82) is 0 Å². The Hall–Kier alpha value is -3.15. The number of hydrogen-bond acceptors (Lipinski definition) is 4. The Labute approximate surface area is 152 Å². The van der Waals surface area contributed by atoms with E-state index in [0.29, 0.717) is 23.5 Å². The Bertz CT molecular complexity index is 742. The van der Waals surface area contributed by atoms with Crippen molar-refractivity contribution in [2.24, 2.45) is 0 Å². The van der Waals surface area contributed by atoms with Gasteiger partial charge in [0, 0.05) is 30.6 Å². The van der Waals surface area contributed by atoms with Gasteiger partial charge in [-0.1, -0.05) is 30.3 Å². The molecule has 0 unspecified atom stereocenters. The van der Waals surface area contributed by atoms with Crippen LogP contribution < -0.4 is 15.4 Å². The van der Waals surface area contributed by atoms with Gasteiger partial charge in [-0.05, 0) is 31.2 Å². The molecule has 2 aromatic rings. The molecule has 0 fully saturated rings. The van der Waals surface area contributed by atoms with Gasteiger partial charge < -0.3 is 15.4 Å². The average molecular weight is 354 g/mol. The molecule has 136 valence electrons. The van der Waals surface area contributed by atoms with E-state index in [0.717, 1.165) is 0 Å². The molecule has 6 heteroatoms. The second kappa shape index (κ2) is 9.98. The van der Waals surface area contributed by atoms with Crippen LogP contribution in [0.4, 0.5) is 5.69 Å². The van der Waals surface area contributed by atoms with Crippen LogP contribution in [0, 0.1) is 0 Å². The fourth-order valence-electron chi connectivity index (χ4n) is 2.25. The van der Waals surface area contributed by atoms with Crippen molar-refractivity contribution < 1.29 is 19.1 Å². The van der Waals surface area contributed by atoms with Gasteiger partial charge in [-0.3, -0.25) is 14.4 Å². The molecule has 0 spiro atoms. The van der Waals surface area contributed by atoms with Crippen molar-refractivity contribution in [2.75, 3.05) is 18.5 Å². The van der Waals surface area contributed by atoms with Gasteiger partial charge in [0.2, 0.25) is 5.91 Å². The summed E-state index contributed by atoms with van der Waals surface area (Å²) < 4.78 is 5.34. The van der Waals surface area contributed by atoms with Gasteiger partial charge in [-0.25, -0.2) is 0 Å². The molecule has 0 saturated heterocycles. The van der Waals surface area contributed by atoms with Gasteiger partial charge in [0.05, 0.1) is 0 Å². The summed E-state index contributed by atoms with van der Waals surface area (Å²) >= 11 is 0. The second-order valence-corrected chi connectivity index (χ2v) is 5.60. The minimum Gasteiger partial charge on any atom is -0.484 e. The number of carbonyl (C=O) groups is 3. The van der Waals surface area contributed by atoms with Crippen LogP contribution in [-0.4, -0.2) is 30.7 Å². The van der Waals surface area contributed by atoms with Gasteiger partial charge in [-0.15, -0.1) is 0 Å².